The minimum absolute atomic E-state index is 0.721. The van der Waals surface area contributed by atoms with Crippen LogP contribution in [0.1, 0.15) is 32.1 Å². The molecule has 2 fully saturated rings. The molecule has 0 aromatic rings. The molecule has 16 heavy (non-hydrogen) atoms. The summed E-state index contributed by atoms with van der Waals surface area (Å²) in [6, 6.07) is 0. The summed E-state index contributed by atoms with van der Waals surface area (Å²) in [5.41, 5.74) is 5.96. The first-order valence-corrected chi connectivity index (χ1v) is 6.90. The molecule has 0 bridgehead atoms. The molecular formula is C13H26N2O. The molecule has 2 rings (SSSR count). The van der Waals surface area contributed by atoms with Crippen molar-refractivity contribution in [2.75, 3.05) is 39.4 Å². The Balaban J connectivity index is 1.78. The molecule has 1 unspecified atom stereocenters. The van der Waals surface area contributed by atoms with Gasteiger partial charge in [0.25, 0.3) is 0 Å². The summed E-state index contributed by atoms with van der Waals surface area (Å²) in [5.74, 6) is 1.61. The molecular weight excluding hydrogens is 200 g/mol. The number of ether oxygens (including phenoxy) is 1. The summed E-state index contributed by atoms with van der Waals surface area (Å²) in [6.45, 7) is 6.07. The maximum Gasteiger partial charge on any atom is 0.0594 e. The molecule has 0 amide bonds. The highest BCUT2D eigenvalue weighted by molar-refractivity contribution is 4.78. The van der Waals surface area contributed by atoms with Gasteiger partial charge in [-0.05, 0) is 18.4 Å². The maximum absolute atomic E-state index is 5.96. The van der Waals surface area contributed by atoms with E-state index in [1.165, 1.54) is 38.6 Å². The SMILES string of the molecule is NCC(CN1CCOCC1)C1CCCCC1. The van der Waals surface area contributed by atoms with Crippen LogP contribution in [-0.2, 0) is 4.74 Å². The highest BCUT2D eigenvalue weighted by Gasteiger charge is 2.25. The Kier molecular flexibility index (Phi) is 5.07. The van der Waals surface area contributed by atoms with Gasteiger partial charge in [-0.1, -0.05) is 32.1 Å². The number of nitrogens with zero attached hydrogens (tertiary/aromatic N) is 1. The van der Waals surface area contributed by atoms with Crippen molar-refractivity contribution in [3.05, 3.63) is 0 Å². The average Bonchev–Trinajstić information content (AvgIpc) is 2.38. The van der Waals surface area contributed by atoms with Gasteiger partial charge in [0, 0.05) is 19.6 Å². The molecule has 1 saturated heterocycles. The molecule has 3 nitrogen and oxygen atoms in total. The van der Waals surface area contributed by atoms with Crippen LogP contribution in [0.15, 0.2) is 0 Å². The van der Waals surface area contributed by atoms with Gasteiger partial charge < -0.3 is 10.5 Å². The van der Waals surface area contributed by atoms with Crippen LogP contribution in [-0.4, -0.2) is 44.3 Å². The van der Waals surface area contributed by atoms with E-state index in [9.17, 15) is 0 Å². The number of rotatable bonds is 4. The Morgan fingerprint density at radius 2 is 1.81 bits per heavy atom. The van der Waals surface area contributed by atoms with Gasteiger partial charge in [-0.15, -0.1) is 0 Å². The van der Waals surface area contributed by atoms with Gasteiger partial charge in [0.1, 0.15) is 0 Å². The third kappa shape index (κ3) is 3.44. The van der Waals surface area contributed by atoms with Crippen LogP contribution < -0.4 is 5.73 Å². The van der Waals surface area contributed by atoms with Crippen LogP contribution in [0, 0.1) is 11.8 Å². The highest BCUT2D eigenvalue weighted by Crippen LogP contribution is 2.30. The predicted molar refractivity (Wildman–Crippen MR) is 66.4 cm³/mol. The Hall–Kier alpha value is -0.120. The lowest BCUT2D eigenvalue weighted by molar-refractivity contribution is 0.0246. The van der Waals surface area contributed by atoms with Gasteiger partial charge in [-0.2, -0.15) is 0 Å². The summed E-state index contributed by atoms with van der Waals surface area (Å²) < 4.78 is 5.39. The van der Waals surface area contributed by atoms with E-state index in [0.717, 1.165) is 44.7 Å². The standard InChI is InChI=1S/C13H26N2O/c14-10-13(12-4-2-1-3-5-12)11-15-6-8-16-9-7-15/h12-13H,1-11,14H2. The Morgan fingerprint density at radius 3 is 2.44 bits per heavy atom. The Bertz CT molecular complexity index is 186. The first kappa shape index (κ1) is 12.3. The molecule has 1 aliphatic carbocycles. The number of hydrogen-bond acceptors (Lipinski definition) is 3. The smallest absolute Gasteiger partial charge is 0.0594 e. The second kappa shape index (κ2) is 6.58. The van der Waals surface area contributed by atoms with Gasteiger partial charge in [-0.25, -0.2) is 0 Å². The lowest BCUT2D eigenvalue weighted by Gasteiger charge is -2.35. The largest absolute Gasteiger partial charge is 0.379 e. The van der Waals surface area contributed by atoms with Crippen molar-refractivity contribution in [1.29, 1.82) is 0 Å². The van der Waals surface area contributed by atoms with E-state index in [4.69, 9.17) is 10.5 Å². The van der Waals surface area contributed by atoms with Crippen molar-refractivity contribution in [3.8, 4) is 0 Å². The summed E-state index contributed by atoms with van der Waals surface area (Å²) in [6.07, 6.45) is 7.10. The lowest BCUT2D eigenvalue weighted by Crippen LogP contribution is -2.43. The van der Waals surface area contributed by atoms with E-state index in [1.54, 1.807) is 0 Å². The van der Waals surface area contributed by atoms with Crippen molar-refractivity contribution in [2.24, 2.45) is 17.6 Å². The Morgan fingerprint density at radius 1 is 1.12 bits per heavy atom. The zero-order valence-electron chi connectivity index (χ0n) is 10.4. The topological polar surface area (TPSA) is 38.5 Å². The molecule has 0 aromatic carbocycles. The fourth-order valence-electron chi connectivity index (χ4n) is 3.14. The molecule has 0 radical (unpaired) electrons. The quantitative estimate of drug-likeness (QED) is 0.789. The molecule has 1 atom stereocenters. The normalized spacial score (nSPS) is 26.8. The van der Waals surface area contributed by atoms with E-state index in [1.807, 2.05) is 0 Å². The summed E-state index contributed by atoms with van der Waals surface area (Å²) in [7, 11) is 0. The van der Waals surface area contributed by atoms with Crippen molar-refractivity contribution in [1.82, 2.24) is 4.90 Å². The zero-order valence-corrected chi connectivity index (χ0v) is 10.4. The minimum Gasteiger partial charge on any atom is -0.379 e. The van der Waals surface area contributed by atoms with Crippen LogP contribution in [0.2, 0.25) is 0 Å². The third-order valence-electron chi connectivity index (χ3n) is 4.22. The fraction of sp³-hybridized carbons (Fsp3) is 1.00. The van der Waals surface area contributed by atoms with Crippen LogP contribution in [0.5, 0.6) is 0 Å². The van der Waals surface area contributed by atoms with Crippen molar-refractivity contribution >= 4 is 0 Å². The van der Waals surface area contributed by atoms with Crippen LogP contribution in [0.4, 0.5) is 0 Å². The van der Waals surface area contributed by atoms with E-state index < -0.39 is 0 Å². The van der Waals surface area contributed by atoms with Crippen LogP contribution in [0.3, 0.4) is 0 Å². The molecule has 0 aromatic heterocycles. The highest BCUT2D eigenvalue weighted by atomic mass is 16.5. The first-order valence-electron chi connectivity index (χ1n) is 6.90. The lowest BCUT2D eigenvalue weighted by atomic mass is 9.79. The molecule has 0 spiro atoms. The zero-order chi connectivity index (χ0) is 11.2. The first-order chi connectivity index (χ1) is 7.90. The monoisotopic (exact) mass is 226 g/mol. The molecule has 2 aliphatic rings. The van der Waals surface area contributed by atoms with E-state index in [2.05, 4.69) is 4.90 Å². The van der Waals surface area contributed by atoms with Crippen molar-refractivity contribution in [2.45, 2.75) is 32.1 Å². The average molecular weight is 226 g/mol. The molecule has 2 N–H and O–H groups in total. The number of morpholine rings is 1. The van der Waals surface area contributed by atoms with Crippen LogP contribution >= 0.6 is 0 Å². The number of nitrogens with two attached hydrogens (primary N) is 1. The fourth-order valence-corrected chi connectivity index (χ4v) is 3.14. The molecule has 94 valence electrons. The second-order valence-electron chi connectivity index (χ2n) is 5.31. The van der Waals surface area contributed by atoms with E-state index >= 15 is 0 Å². The molecule has 1 saturated carbocycles. The summed E-state index contributed by atoms with van der Waals surface area (Å²) in [4.78, 5) is 2.54. The molecule has 1 heterocycles. The molecule has 1 aliphatic heterocycles. The van der Waals surface area contributed by atoms with Crippen molar-refractivity contribution in [3.63, 3.8) is 0 Å². The summed E-state index contributed by atoms with van der Waals surface area (Å²) in [5, 5.41) is 0. The van der Waals surface area contributed by atoms with Gasteiger partial charge >= 0.3 is 0 Å². The van der Waals surface area contributed by atoms with Crippen LogP contribution in [0.25, 0.3) is 0 Å². The van der Waals surface area contributed by atoms with Gasteiger partial charge in [0.05, 0.1) is 13.2 Å². The van der Waals surface area contributed by atoms with Crippen molar-refractivity contribution < 1.29 is 4.74 Å². The third-order valence-corrected chi connectivity index (χ3v) is 4.22. The molecule has 3 heteroatoms. The summed E-state index contributed by atoms with van der Waals surface area (Å²) >= 11 is 0. The van der Waals surface area contributed by atoms with E-state index in [-0.39, 0.29) is 0 Å². The van der Waals surface area contributed by atoms with E-state index in [0.29, 0.717) is 0 Å². The predicted octanol–water partition coefficient (Wildman–Crippen LogP) is 1.47. The Labute approximate surface area is 99.3 Å². The van der Waals surface area contributed by atoms with Gasteiger partial charge in [0.2, 0.25) is 0 Å². The number of hydrogen-bond donors (Lipinski definition) is 1. The van der Waals surface area contributed by atoms with Gasteiger partial charge in [0.15, 0.2) is 0 Å². The van der Waals surface area contributed by atoms with Gasteiger partial charge in [-0.3, -0.25) is 4.90 Å². The second-order valence-corrected chi connectivity index (χ2v) is 5.31. The minimum atomic E-state index is 0.721. The maximum atomic E-state index is 5.96.